The third kappa shape index (κ3) is 3.88. The highest BCUT2D eigenvalue weighted by Crippen LogP contribution is 2.53. The molecule has 25 heavy (non-hydrogen) atoms. The summed E-state index contributed by atoms with van der Waals surface area (Å²) in [5.74, 6) is 1.02. The van der Waals surface area contributed by atoms with Crippen LogP contribution in [-0.2, 0) is 6.42 Å². The molecule has 0 spiro atoms. The van der Waals surface area contributed by atoms with Crippen molar-refractivity contribution in [1.29, 1.82) is 0 Å². The van der Waals surface area contributed by atoms with Gasteiger partial charge in [-0.2, -0.15) is 0 Å². The number of allylic oxidation sites excluding steroid dienone is 2. The molecule has 2 unspecified atom stereocenters. The van der Waals surface area contributed by atoms with Crippen molar-refractivity contribution in [3.63, 3.8) is 0 Å². The second kappa shape index (κ2) is 7.43. The summed E-state index contributed by atoms with van der Waals surface area (Å²) >= 11 is 0. The lowest BCUT2D eigenvalue weighted by molar-refractivity contribution is 0.0107. The molecule has 1 aliphatic heterocycles. The third-order valence-corrected chi connectivity index (χ3v) is 5.89. The van der Waals surface area contributed by atoms with E-state index in [9.17, 15) is 5.11 Å². The predicted octanol–water partition coefficient (Wildman–Crippen LogP) is 6.52. The van der Waals surface area contributed by atoms with Crippen LogP contribution in [0.25, 0.3) is 0 Å². The highest BCUT2D eigenvalue weighted by Gasteiger charge is 2.45. The molecule has 0 radical (unpaired) electrons. The number of ether oxygens (including phenoxy) is 1. The topological polar surface area (TPSA) is 29.5 Å². The number of unbranched alkanes of at least 4 members (excludes halogenated alkanes) is 4. The Kier molecular flexibility index (Phi) is 4.37. The molecule has 2 aliphatic rings. The largest absolute Gasteiger partial charge is 0.507 e. The third-order valence-electron chi connectivity index (χ3n) is 5.89. The number of benzene rings is 1. The molecule has 1 heterocycles. The van der Waals surface area contributed by atoms with Gasteiger partial charge < -0.3 is 9.84 Å². The Bertz CT molecular complexity index is 734. The van der Waals surface area contributed by atoms with Crippen LogP contribution in [-0.4, -0.2) is 10.7 Å². The second-order valence-electron chi connectivity index (χ2n) is 8.26. The van der Waals surface area contributed by atoms with E-state index in [0.29, 0.717) is 12.0 Å². The average molecular weight is 346 g/mol. The fraction of sp³-hybridized carbons (Fsp3) is 0.652. The molecule has 0 bridgehead atoms. The summed E-state index contributed by atoms with van der Waals surface area (Å²) < 4.78 is 29.7. The Labute approximate surface area is 157 Å². The van der Waals surface area contributed by atoms with Crippen LogP contribution in [0, 0.1) is 5.92 Å². The van der Waals surface area contributed by atoms with Crippen LogP contribution in [0.2, 0.25) is 0 Å². The van der Waals surface area contributed by atoms with E-state index >= 15 is 0 Å². The first-order valence-corrected chi connectivity index (χ1v) is 9.89. The lowest BCUT2D eigenvalue weighted by atomic mass is 9.68. The van der Waals surface area contributed by atoms with Crippen molar-refractivity contribution < 1.29 is 14.0 Å². The first kappa shape index (κ1) is 14.7. The number of phenolic OH excluding ortho intramolecular Hbond substituents is 1. The number of rotatable bonds is 6. The number of aryl methyl sites for hydroxylation is 1. The average Bonchev–Trinajstić information content (AvgIpc) is 2.59. The van der Waals surface area contributed by atoms with Gasteiger partial charge >= 0.3 is 0 Å². The number of hydrogen-bond donors (Lipinski definition) is 1. The van der Waals surface area contributed by atoms with Crippen LogP contribution < -0.4 is 4.74 Å². The van der Waals surface area contributed by atoms with E-state index in [-0.39, 0.29) is 23.2 Å². The monoisotopic (exact) mass is 345 g/mol. The molecule has 2 heteroatoms. The van der Waals surface area contributed by atoms with Gasteiger partial charge in [-0.1, -0.05) is 44.3 Å². The van der Waals surface area contributed by atoms with Crippen LogP contribution in [0.4, 0.5) is 0 Å². The van der Waals surface area contributed by atoms with Gasteiger partial charge in [-0.15, -0.1) is 0 Å². The molecule has 0 saturated carbocycles. The maximum atomic E-state index is 10.8. The van der Waals surface area contributed by atoms with Crippen molar-refractivity contribution in [2.45, 2.75) is 90.5 Å². The quantitative estimate of drug-likeness (QED) is 0.470. The van der Waals surface area contributed by atoms with Gasteiger partial charge in [0, 0.05) is 21.5 Å². The Balaban J connectivity index is 1.89. The van der Waals surface area contributed by atoms with E-state index in [1.165, 1.54) is 25.7 Å². The highest BCUT2D eigenvalue weighted by molar-refractivity contribution is 5.53. The molecular weight excluding hydrogens is 308 g/mol. The van der Waals surface area contributed by atoms with E-state index in [1.54, 1.807) is 0 Å². The van der Waals surface area contributed by atoms with Gasteiger partial charge in [0.1, 0.15) is 17.1 Å². The molecule has 1 aromatic rings. The SMILES string of the molecule is [2H]C([2H])([2H])C1=CC2c3c(O)cc(CCCCCCC)cc3OC(C)(C)C2CC1. The molecule has 0 amide bonds. The van der Waals surface area contributed by atoms with Gasteiger partial charge in [-0.05, 0) is 64.1 Å². The van der Waals surface area contributed by atoms with E-state index in [1.807, 2.05) is 12.1 Å². The van der Waals surface area contributed by atoms with E-state index in [2.05, 4.69) is 26.8 Å². The summed E-state index contributed by atoms with van der Waals surface area (Å²) in [7, 11) is 0. The van der Waals surface area contributed by atoms with Gasteiger partial charge in [0.05, 0.1) is 0 Å². The molecule has 2 atom stereocenters. The standard InChI is InChI=1S/C23H34O2/c1-5-6-7-8-9-10-17-14-20(24)22-18-13-16(2)11-12-19(18)23(3,4)25-21(22)15-17/h13-15,18-19,24H,5-12H2,1-4H3/i2D3. The van der Waals surface area contributed by atoms with Crippen LogP contribution in [0.5, 0.6) is 11.5 Å². The molecule has 0 aromatic heterocycles. The fourth-order valence-corrected chi connectivity index (χ4v) is 4.49. The summed E-state index contributed by atoms with van der Waals surface area (Å²) in [5, 5.41) is 10.8. The summed E-state index contributed by atoms with van der Waals surface area (Å²) in [6.07, 6.45) is 10.2. The van der Waals surface area contributed by atoms with Crippen molar-refractivity contribution in [3.8, 4) is 11.5 Å². The molecule has 138 valence electrons. The molecule has 1 aliphatic carbocycles. The fourth-order valence-electron chi connectivity index (χ4n) is 4.49. The molecule has 1 aromatic carbocycles. The smallest absolute Gasteiger partial charge is 0.127 e. The van der Waals surface area contributed by atoms with E-state index in [0.717, 1.165) is 36.1 Å². The van der Waals surface area contributed by atoms with Crippen LogP contribution in [0.1, 0.15) is 93.7 Å². The normalized spacial score (nSPS) is 26.4. The van der Waals surface area contributed by atoms with Gasteiger partial charge in [-0.3, -0.25) is 0 Å². The number of phenols is 1. The van der Waals surface area contributed by atoms with Crippen LogP contribution >= 0.6 is 0 Å². The lowest BCUT2D eigenvalue weighted by Crippen LogP contribution is -2.45. The molecular formula is C23H34O2. The molecule has 1 N–H and O–H groups in total. The predicted molar refractivity (Wildman–Crippen MR) is 104 cm³/mol. The van der Waals surface area contributed by atoms with Crippen LogP contribution in [0.15, 0.2) is 23.8 Å². The van der Waals surface area contributed by atoms with Gasteiger partial charge in [0.15, 0.2) is 0 Å². The molecule has 2 nitrogen and oxygen atoms in total. The van der Waals surface area contributed by atoms with Crippen molar-refractivity contribution in [2.75, 3.05) is 0 Å². The number of hydrogen-bond acceptors (Lipinski definition) is 2. The summed E-state index contributed by atoms with van der Waals surface area (Å²) in [6, 6.07) is 3.92. The van der Waals surface area contributed by atoms with E-state index in [4.69, 9.17) is 8.85 Å². The van der Waals surface area contributed by atoms with Crippen LogP contribution in [0.3, 0.4) is 0 Å². The molecule has 0 saturated heterocycles. The first-order chi connectivity index (χ1) is 13.1. The van der Waals surface area contributed by atoms with Gasteiger partial charge in [0.2, 0.25) is 0 Å². The molecule has 3 rings (SSSR count). The minimum atomic E-state index is -2.07. The lowest BCUT2D eigenvalue weighted by Gasteiger charge is -2.46. The maximum Gasteiger partial charge on any atom is 0.127 e. The maximum absolute atomic E-state index is 10.8. The zero-order valence-electron chi connectivity index (χ0n) is 18.9. The van der Waals surface area contributed by atoms with Crippen molar-refractivity contribution in [3.05, 3.63) is 34.9 Å². The zero-order chi connectivity index (χ0) is 20.5. The number of fused-ring (bicyclic) bond motifs is 3. The zero-order valence-corrected chi connectivity index (χ0v) is 15.9. The first-order valence-electron chi connectivity index (χ1n) is 11.4. The van der Waals surface area contributed by atoms with Gasteiger partial charge in [-0.25, -0.2) is 0 Å². The van der Waals surface area contributed by atoms with Crippen molar-refractivity contribution >= 4 is 0 Å². The summed E-state index contributed by atoms with van der Waals surface area (Å²) in [6.45, 7) is 4.30. The Hall–Kier alpha value is -1.44. The minimum absolute atomic E-state index is 0.110. The summed E-state index contributed by atoms with van der Waals surface area (Å²) in [5.41, 5.74) is 1.98. The number of aromatic hydroxyl groups is 1. The summed E-state index contributed by atoms with van der Waals surface area (Å²) in [4.78, 5) is 0. The second-order valence-corrected chi connectivity index (χ2v) is 8.26. The minimum Gasteiger partial charge on any atom is -0.507 e. The van der Waals surface area contributed by atoms with Crippen molar-refractivity contribution in [2.24, 2.45) is 5.92 Å². The van der Waals surface area contributed by atoms with E-state index < -0.39 is 6.85 Å². The highest BCUT2D eigenvalue weighted by atomic mass is 16.5. The Morgan fingerprint density at radius 3 is 2.80 bits per heavy atom. The Morgan fingerprint density at radius 1 is 1.24 bits per heavy atom. The Morgan fingerprint density at radius 2 is 2.04 bits per heavy atom. The van der Waals surface area contributed by atoms with Gasteiger partial charge in [0.25, 0.3) is 0 Å². The van der Waals surface area contributed by atoms with Crippen molar-refractivity contribution in [1.82, 2.24) is 0 Å². The molecule has 0 fully saturated rings.